The molecule has 0 aromatic carbocycles. The lowest BCUT2D eigenvalue weighted by Crippen LogP contribution is -2.23. The summed E-state index contributed by atoms with van der Waals surface area (Å²) >= 11 is 0. The molecule has 1 fully saturated rings. The van der Waals surface area contributed by atoms with Gasteiger partial charge in [-0.1, -0.05) is 19.3 Å². The average Bonchev–Trinajstić information content (AvgIpc) is 2.37. The van der Waals surface area contributed by atoms with Crippen molar-refractivity contribution in [3.63, 3.8) is 0 Å². The van der Waals surface area contributed by atoms with Gasteiger partial charge in [-0.15, -0.1) is 0 Å². The molecule has 3 nitrogen and oxygen atoms in total. The lowest BCUT2D eigenvalue weighted by atomic mass is 9.90. The molecule has 0 unspecified atom stereocenters. The van der Waals surface area contributed by atoms with Crippen LogP contribution in [0.5, 0.6) is 0 Å². The molecule has 1 saturated carbocycles. The highest BCUT2D eigenvalue weighted by Crippen LogP contribution is 2.23. The van der Waals surface area contributed by atoms with E-state index in [1.165, 1.54) is 32.1 Å². The fourth-order valence-electron chi connectivity index (χ4n) is 2.39. The third-order valence-corrected chi connectivity index (χ3v) is 3.45. The first kappa shape index (κ1) is 15.9. The Hall–Kier alpha value is -0.120. The molecule has 0 aromatic heterocycles. The van der Waals surface area contributed by atoms with E-state index in [1.807, 2.05) is 0 Å². The third kappa shape index (κ3) is 8.90. The summed E-state index contributed by atoms with van der Waals surface area (Å²) in [5.74, 6) is 0.832. The van der Waals surface area contributed by atoms with Crippen molar-refractivity contribution in [2.45, 2.75) is 58.5 Å². The molecule has 0 heterocycles. The van der Waals surface area contributed by atoms with Crippen LogP contribution in [-0.2, 0) is 9.47 Å². The highest BCUT2D eigenvalue weighted by Gasteiger charge is 2.12. The summed E-state index contributed by atoms with van der Waals surface area (Å²) in [6.45, 7) is 8.82. The van der Waals surface area contributed by atoms with Crippen molar-refractivity contribution in [2.24, 2.45) is 5.92 Å². The lowest BCUT2D eigenvalue weighted by Gasteiger charge is -2.21. The van der Waals surface area contributed by atoms with E-state index in [9.17, 15) is 0 Å². The van der Waals surface area contributed by atoms with E-state index in [-0.39, 0.29) is 0 Å². The smallest absolute Gasteiger partial charge is 0.0591 e. The van der Waals surface area contributed by atoms with Crippen LogP contribution in [0.4, 0.5) is 0 Å². The van der Waals surface area contributed by atoms with Gasteiger partial charge >= 0.3 is 0 Å². The maximum Gasteiger partial charge on any atom is 0.0591 e. The molecule has 0 spiro atoms. The van der Waals surface area contributed by atoms with Crippen LogP contribution in [0.25, 0.3) is 0 Å². The van der Waals surface area contributed by atoms with Crippen molar-refractivity contribution in [1.29, 1.82) is 0 Å². The lowest BCUT2D eigenvalue weighted by molar-refractivity contribution is 0.0742. The summed E-state index contributed by atoms with van der Waals surface area (Å²) < 4.78 is 11.2. The Labute approximate surface area is 113 Å². The van der Waals surface area contributed by atoms with Crippen molar-refractivity contribution >= 4 is 0 Å². The second-order valence-electron chi connectivity index (χ2n) is 5.60. The van der Waals surface area contributed by atoms with Gasteiger partial charge in [-0.2, -0.15) is 0 Å². The van der Waals surface area contributed by atoms with Crippen LogP contribution in [0.2, 0.25) is 0 Å². The van der Waals surface area contributed by atoms with Gasteiger partial charge in [0, 0.05) is 19.8 Å². The molecule has 1 N–H and O–H groups in total. The van der Waals surface area contributed by atoms with E-state index < -0.39 is 0 Å². The van der Waals surface area contributed by atoms with Crippen molar-refractivity contribution in [2.75, 3.05) is 32.9 Å². The van der Waals surface area contributed by atoms with E-state index in [1.54, 1.807) is 0 Å². The maximum absolute atomic E-state index is 5.72. The van der Waals surface area contributed by atoms with Crippen LogP contribution < -0.4 is 5.32 Å². The zero-order valence-electron chi connectivity index (χ0n) is 12.2. The van der Waals surface area contributed by atoms with E-state index in [0.717, 1.165) is 45.2 Å². The Bertz CT molecular complexity index is 179. The van der Waals surface area contributed by atoms with Crippen LogP contribution in [0.1, 0.15) is 52.4 Å². The minimum absolute atomic E-state index is 0.351. The molecule has 0 aromatic rings. The largest absolute Gasteiger partial charge is 0.380 e. The maximum atomic E-state index is 5.72. The Balaban J connectivity index is 1.75. The standard InChI is InChI=1S/C15H31NO2/c1-14(2)18-11-6-9-16-10-12-17-13-15-7-4-3-5-8-15/h14-16H,3-13H2,1-2H3. The van der Waals surface area contributed by atoms with Gasteiger partial charge in [-0.05, 0) is 45.6 Å². The van der Waals surface area contributed by atoms with Gasteiger partial charge in [0.25, 0.3) is 0 Å². The fourth-order valence-corrected chi connectivity index (χ4v) is 2.39. The van der Waals surface area contributed by atoms with Crippen molar-refractivity contribution in [3.05, 3.63) is 0 Å². The van der Waals surface area contributed by atoms with E-state index in [0.29, 0.717) is 6.10 Å². The Morgan fingerprint density at radius 2 is 1.83 bits per heavy atom. The van der Waals surface area contributed by atoms with Crippen LogP contribution in [0, 0.1) is 5.92 Å². The van der Waals surface area contributed by atoms with Gasteiger partial charge in [0.1, 0.15) is 0 Å². The molecule has 0 atom stereocenters. The summed E-state index contributed by atoms with van der Waals surface area (Å²) in [5, 5.41) is 3.39. The number of nitrogens with one attached hydrogen (secondary N) is 1. The predicted octanol–water partition coefficient (Wildman–Crippen LogP) is 2.99. The topological polar surface area (TPSA) is 30.5 Å². The number of hydrogen-bond acceptors (Lipinski definition) is 3. The SMILES string of the molecule is CC(C)OCCCNCCOCC1CCCCC1. The molecule has 0 saturated heterocycles. The van der Waals surface area contributed by atoms with Crippen LogP contribution in [0.3, 0.4) is 0 Å². The highest BCUT2D eigenvalue weighted by molar-refractivity contribution is 4.64. The second-order valence-corrected chi connectivity index (χ2v) is 5.60. The first-order valence-corrected chi connectivity index (χ1v) is 7.69. The van der Waals surface area contributed by atoms with Gasteiger partial charge in [0.2, 0.25) is 0 Å². The van der Waals surface area contributed by atoms with Gasteiger partial charge in [0.05, 0.1) is 12.7 Å². The van der Waals surface area contributed by atoms with Gasteiger partial charge in [-0.25, -0.2) is 0 Å². The number of hydrogen-bond donors (Lipinski definition) is 1. The number of rotatable bonds is 10. The predicted molar refractivity (Wildman–Crippen MR) is 76.0 cm³/mol. The molecule has 0 aliphatic heterocycles. The summed E-state index contributed by atoms with van der Waals surface area (Å²) in [5.41, 5.74) is 0. The molecule has 0 radical (unpaired) electrons. The van der Waals surface area contributed by atoms with Crippen molar-refractivity contribution in [3.8, 4) is 0 Å². The van der Waals surface area contributed by atoms with Crippen LogP contribution in [0.15, 0.2) is 0 Å². The van der Waals surface area contributed by atoms with Gasteiger partial charge < -0.3 is 14.8 Å². The number of ether oxygens (including phenoxy) is 2. The van der Waals surface area contributed by atoms with Crippen molar-refractivity contribution < 1.29 is 9.47 Å². The summed E-state index contributed by atoms with van der Waals surface area (Å²) in [6.07, 6.45) is 8.42. The summed E-state index contributed by atoms with van der Waals surface area (Å²) in [7, 11) is 0. The average molecular weight is 257 g/mol. The molecule has 1 aliphatic rings. The molecular formula is C15H31NO2. The summed E-state index contributed by atoms with van der Waals surface area (Å²) in [4.78, 5) is 0. The molecule has 18 heavy (non-hydrogen) atoms. The first-order chi connectivity index (χ1) is 8.79. The molecule has 3 heteroatoms. The zero-order chi connectivity index (χ0) is 13.1. The molecule has 1 aliphatic carbocycles. The van der Waals surface area contributed by atoms with Crippen LogP contribution in [-0.4, -0.2) is 39.0 Å². The molecule has 0 amide bonds. The quantitative estimate of drug-likeness (QED) is 0.610. The third-order valence-electron chi connectivity index (χ3n) is 3.45. The fraction of sp³-hybridized carbons (Fsp3) is 1.00. The Kier molecular flexibility index (Phi) is 9.54. The zero-order valence-corrected chi connectivity index (χ0v) is 12.2. The molecule has 0 bridgehead atoms. The Morgan fingerprint density at radius 3 is 2.56 bits per heavy atom. The monoisotopic (exact) mass is 257 g/mol. The van der Waals surface area contributed by atoms with Gasteiger partial charge in [0.15, 0.2) is 0 Å². The first-order valence-electron chi connectivity index (χ1n) is 7.69. The van der Waals surface area contributed by atoms with Gasteiger partial charge in [-0.3, -0.25) is 0 Å². The Morgan fingerprint density at radius 1 is 1.06 bits per heavy atom. The minimum atomic E-state index is 0.351. The normalized spacial score (nSPS) is 17.5. The van der Waals surface area contributed by atoms with E-state index in [4.69, 9.17) is 9.47 Å². The summed E-state index contributed by atoms with van der Waals surface area (Å²) in [6, 6.07) is 0. The highest BCUT2D eigenvalue weighted by atomic mass is 16.5. The van der Waals surface area contributed by atoms with Crippen LogP contribution >= 0.6 is 0 Å². The molecule has 1 rings (SSSR count). The molecular weight excluding hydrogens is 226 g/mol. The minimum Gasteiger partial charge on any atom is -0.380 e. The molecule has 108 valence electrons. The van der Waals surface area contributed by atoms with E-state index >= 15 is 0 Å². The van der Waals surface area contributed by atoms with Crippen molar-refractivity contribution in [1.82, 2.24) is 5.32 Å². The second kappa shape index (κ2) is 10.8. The van der Waals surface area contributed by atoms with E-state index in [2.05, 4.69) is 19.2 Å².